The quantitative estimate of drug-likeness (QED) is 0.703. The van der Waals surface area contributed by atoms with Crippen LogP contribution in [0, 0.1) is 6.92 Å². The topological polar surface area (TPSA) is 29.0 Å². The molecule has 0 unspecified atom stereocenters. The van der Waals surface area contributed by atoms with E-state index in [0.717, 1.165) is 34.5 Å². The number of thiazole rings is 2. The fraction of sp³-hybridized carbons (Fsp3) is 0.286. The molecule has 6 heteroatoms. The zero-order chi connectivity index (χ0) is 13.9. The van der Waals surface area contributed by atoms with Gasteiger partial charge in [0.2, 0.25) is 0 Å². The fourth-order valence-corrected chi connectivity index (χ4v) is 4.21. The van der Waals surface area contributed by atoms with Crippen molar-refractivity contribution < 1.29 is 0 Å². The minimum Gasteiger partial charge on any atom is -0.295 e. The molecule has 3 aromatic rings. The van der Waals surface area contributed by atoms with Crippen molar-refractivity contribution in [3.63, 3.8) is 0 Å². The zero-order valence-corrected chi connectivity index (χ0v) is 13.8. The van der Waals surface area contributed by atoms with E-state index in [1.54, 1.807) is 34.0 Å². The maximum absolute atomic E-state index is 4.71. The molecule has 0 aromatic carbocycles. The third-order valence-corrected chi connectivity index (χ3v) is 5.57. The Kier molecular flexibility index (Phi) is 4.26. The highest BCUT2D eigenvalue weighted by Crippen LogP contribution is 2.28. The molecule has 0 aliphatic rings. The van der Waals surface area contributed by atoms with E-state index in [1.807, 2.05) is 6.92 Å². The molecule has 0 radical (unpaired) electrons. The average Bonchev–Trinajstić information content (AvgIpc) is 3.10. The molecule has 0 atom stereocenters. The highest BCUT2D eigenvalue weighted by atomic mass is 32.1. The first-order valence-corrected chi connectivity index (χ1v) is 8.92. The molecule has 0 saturated heterocycles. The Morgan fingerprint density at radius 3 is 2.45 bits per heavy atom. The summed E-state index contributed by atoms with van der Waals surface area (Å²) in [5.41, 5.74) is 2.27. The molecule has 0 aliphatic carbocycles. The first-order chi connectivity index (χ1) is 9.70. The van der Waals surface area contributed by atoms with E-state index in [0.29, 0.717) is 0 Å². The van der Waals surface area contributed by atoms with Gasteiger partial charge in [-0.1, -0.05) is 6.07 Å². The first kappa shape index (κ1) is 13.9. The lowest BCUT2D eigenvalue weighted by Gasteiger charge is -2.13. The molecule has 0 N–H and O–H groups in total. The second kappa shape index (κ2) is 6.13. The van der Waals surface area contributed by atoms with Crippen molar-refractivity contribution in [1.29, 1.82) is 0 Å². The van der Waals surface area contributed by atoms with Crippen LogP contribution in [-0.2, 0) is 13.1 Å². The first-order valence-electron chi connectivity index (χ1n) is 6.28. The van der Waals surface area contributed by atoms with Gasteiger partial charge < -0.3 is 0 Å². The van der Waals surface area contributed by atoms with Crippen molar-refractivity contribution in [2.75, 3.05) is 7.05 Å². The molecule has 3 rings (SSSR count). The Balaban J connectivity index is 1.63. The summed E-state index contributed by atoms with van der Waals surface area (Å²) >= 11 is 5.16. The minimum atomic E-state index is 0.860. The third-order valence-electron chi connectivity index (χ3n) is 2.81. The summed E-state index contributed by atoms with van der Waals surface area (Å²) in [6.45, 7) is 3.77. The summed E-state index contributed by atoms with van der Waals surface area (Å²) in [6.07, 6.45) is 0. The lowest BCUT2D eigenvalue weighted by molar-refractivity contribution is 0.312. The van der Waals surface area contributed by atoms with Gasteiger partial charge >= 0.3 is 0 Å². The molecule has 3 nitrogen and oxygen atoms in total. The molecule has 0 saturated carbocycles. The highest BCUT2D eigenvalue weighted by Gasteiger charge is 2.09. The Bertz CT molecular complexity index is 669. The molecule has 0 bridgehead atoms. The minimum absolute atomic E-state index is 0.860. The van der Waals surface area contributed by atoms with Crippen molar-refractivity contribution in [2.45, 2.75) is 20.0 Å². The van der Waals surface area contributed by atoms with Gasteiger partial charge in [-0.3, -0.25) is 4.90 Å². The van der Waals surface area contributed by atoms with Crippen molar-refractivity contribution in [3.8, 4) is 9.88 Å². The van der Waals surface area contributed by atoms with Gasteiger partial charge in [0.1, 0.15) is 5.01 Å². The summed E-state index contributed by atoms with van der Waals surface area (Å²) in [4.78, 5) is 12.7. The van der Waals surface area contributed by atoms with Crippen LogP contribution in [0.25, 0.3) is 9.88 Å². The Hall–Kier alpha value is -1.08. The van der Waals surface area contributed by atoms with Crippen LogP contribution in [0.1, 0.15) is 16.4 Å². The van der Waals surface area contributed by atoms with Crippen LogP contribution in [0.2, 0.25) is 0 Å². The van der Waals surface area contributed by atoms with Crippen molar-refractivity contribution >= 4 is 34.0 Å². The lowest BCUT2D eigenvalue weighted by Crippen LogP contribution is -2.17. The molecule has 0 fully saturated rings. The summed E-state index contributed by atoms with van der Waals surface area (Å²) in [5.74, 6) is 0. The highest BCUT2D eigenvalue weighted by molar-refractivity contribution is 7.20. The van der Waals surface area contributed by atoms with Gasteiger partial charge in [-0.15, -0.1) is 34.0 Å². The lowest BCUT2D eigenvalue weighted by atomic mass is 10.4. The Morgan fingerprint density at radius 1 is 1.05 bits per heavy atom. The number of nitrogens with zero attached hydrogens (tertiary/aromatic N) is 3. The third kappa shape index (κ3) is 3.32. The number of rotatable bonds is 5. The standard InChI is InChI=1S/C14H15N3S3/c1-10-15-11(8-19-10)6-17(2)7-12-9-20-14(16-12)13-4-3-5-18-13/h3-5,8-9H,6-7H2,1-2H3. The van der Waals surface area contributed by atoms with E-state index in [1.165, 1.54) is 4.88 Å². The summed E-state index contributed by atoms with van der Waals surface area (Å²) in [5, 5.41) is 8.62. The largest absolute Gasteiger partial charge is 0.295 e. The van der Waals surface area contributed by atoms with E-state index in [2.05, 4.69) is 45.2 Å². The fourth-order valence-electron chi connectivity index (χ4n) is 1.98. The Morgan fingerprint density at radius 2 is 1.80 bits per heavy atom. The van der Waals surface area contributed by atoms with Crippen molar-refractivity contribution in [3.05, 3.63) is 44.7 Å². The number of thiophene rings is 1. The smallest absolute Gasteiger partial charge is 0.133 e. The molecule has 0 amide bonds. The molecular weight excluding hydrogens is 306 g/mol. The van der Waals surface area contributed by atoms with Gasteiger partial charge in [0, 0.05) is 23.8 Å². The molecule has 3 heterocycles. The normalized spacial score (nSPS) is 11.3. The average molecular weight is 321 g/mol. The predicted molar refractivity (Wildman–Crippen MR) is 87.4 cm³/mol. The SMILES string of the molecule is Cc1nc(CN(C)Cc2csc(-c3cccs3)n2)cs1. The maximum atomic E-state index is 4.71. The van der Waals surface area contributed by atoms with Gasteiger partial charge in [0.05, 0.1) is 21.3 Å². The summed E-state index contributed by atoms with van der Waals surface area (Å²) in [6, 6.07) is 4.19. The van der Waals surface area contributed by atoms with Gasteiger partial charge in [0.25, 0.3) is 0 Å². The van der Waals surface area contributed by atoms with Crippen LogP contribution in [0.5, 0.6) is 0 Å². The molecule has 104 valence electrons. The van der Waals surface area contributed by atoms with Crippen molar-refractivity contribution in [1.82, 2.24) is 14.9 Å². The van der Waals surface area contributed by atoms with Crippen LogP contribution in [0.15, 0.2) is 28.3 Å². The molecule has 3 aromatic heterocycles. The van der Waals surface area contributed by atoms with Gasteiger partial charge in [-0.25, -0.2) is 9.97 Å². The van der Waals surface area contributed by atoms with Crippen LogP contribution in [-0.4, -0.2) is 21.9 Å². The Labute approximate surface area is 130 Å². The number of hydrogen-bond acceptors (Lipinski definition) is 6. The number of hydrogen-bond donors (Lipinski definition) is 0. The van der Waals surface area contributed by atoms with E-state index < -0.39 is 0 Å². The second-order valence-electron chi connectivity index (χ2n) is 4.65. The molecular formula is C14H15N3S3. The van der Waals surface area contributed by atoms with Crippen molar-refractivity contribution in [2.24, 2.45) is 0 Å². The van der Waals surface area contributed by atoms with E-state index >= 15 is 0 Å². The molecule has 0 spiro atoms. The van der Waals surface area contributed by atoms with Crippen LogP contribution >= 0.6 is 34.0 Å². The van der Waals surface area contributed by atoms with Gasteiger partial charge in [0.15, 0.2) is 0 Å². The second-order valence-corrected chi connectivity index (χ2v) is 7.52. The van der Waals surface area contributed by atoms with E-state index in [9.17, 15) is 0 Å². The maximum Gasteiger partial charge on any atom is 0.133 e. The van der Waals surface area contributed by atoms with Gasteiger partial charge in [-0.05, 0) is 25.4 Å². The zero-order valence-electron chi connectivity index (χ0n) is 11.4. The molecule has 0 aliphatic heterocycles. The number of aryl methyl sites for hydroxylation is 1. The van der Waals surface area contributed by atoms with Gasteiger partial charge in [-0.2, -0.15) is 0 Å². The monoisotopic (exact) mass is 321 g/mol. The van der Waals surface area contributed by atoms with E-state index in [-0.39, 0.29) is 0 Å². The number of aromatic nitrogens is 2. The van der Waals surface area contributed by atoms with Crippen LogP contribution in [0.4, 0.5) is 0 Å². The van der Waals surface area contributed by atoms with Crippen LogP contribution in [0.3, 0.4) is 0 Å². The summed E-state index contributed by atoms with van der Waals surface area (Å²) in [7, 11) is 2.11. The van der Waals surface area contributed by atoms with E-state index in [4.69, 9.17) is 4.98 Å². The predicted octanol–water partition coefficient (Wildman–Crippen LogP) is 4.27. The summed E-state index contributed by atoms with van der Waals surface area (Å²) < 4.78 is 0. The molecule has 20 heavy (non-hydrogen) atoms. The van der Waals surface area contributed by atoms with Crippen LogP contribution < -0.4 is 0 Å².